The number of quaternary nitrogens is 1. The van der Waals surface area contributed by atoms with Crippen LogP contribution in [0.15, 0.2) is 0 Å². The van der Waals surface area contributed by atoms with E-state index in [1.807, 2.05) is 13.8 Å². The van der Waals surface area contributed by atoms with Crippen LogP contribution in [-0.4, -0.2) is 23.9 Å². The molecule has 3 N–H and O–H groups in total. The quantitative estimate of drug-likeness (QED) is 0.646. The fourth-order valence-electron chi connectivity index (χ4n) is 1.23. The molecule has 0 saturated carbocycles. The van der Waals surface area contributed by atoms with E-state index in [9.17, 15) is 9.59 Å². The van der Waals surface area contributed by atoms with E-state index in [4.69, 9.17) is 4.74 Å². The van der Waals surface area contributed by atoms with E-state index in [1.165, 1.54) is 13.8 Å². The lowest BCUT2D eigenvalue weighted by Crippen LogP contribution is -2.70. The highest BCUT2D eigenvalue weighted by Gasteiger charge is 2.28. The molecule has 2 unspecified atom stereocenters. The molecule has 0 saturated heterocycles. The highest BCUT2D eigenvalue weighted by Crippen LogP contribution is 2.11. The van der Waals surface area contributed by atoms with Gasteiger partial charge in [-0.05, 0) is 12.3 Å². The number of esters is 1. The second-order valence-electron chi connectivity index (χ2n) is 3.99. The normalized spacial score (nSPS) is 15.0. The van der Waals surface area contributed by atoms with Gasteiger partial charge in [0, 0.05) is 13.8 Å². The first kappa shape index (κ1) is 13.1. The monoisotopic (exact) mass is 202 g/mol. The lowest BCUT2D eigenvalue weighted by Gasteiger charge is -2.20. The van der Waals surface area contributed by atoms with Gasteiger partial charge in [0.1, 0.15) is 0 Å². The third-order valence-electron chi connectivity index (χ3n) is 1.99. The molecule has 0 bridgehead atoms. The molecule has 0 aliphatic heterocycles. The Hall–Kier alpha value is -0.900. The highest BCUT2D eigenvalue weighted by atomic mass is 16.5. The molecule has 82 valence electrons. The SMILES string of the molecule is CC(=O)OC(CC(C)C)C([NH3+])C(C)=O. The Labute approximate surface area is 84.8 Å². The van der Waals surface area contributed by atoms with Crippen LogP contribution in [0.4, 0.5) is 0 Å². The minimum Gasteiger partial charge on any atom is -0.456 e. The molecule has 0 aliphatic rings. The van der Waals surface area contributed by atoms with Crippen LogP contribution in [-0.2, 0) is 14.3 Å². The number of carbonyl (C=O) groups is 2. The number of hydrogen-bond donors (Lipinski definition) is 1. The number of hydrogen-bond acceptors (Lipinski definition) is 3. The maximum Gasteiger partial charge on any atom is 0.303 e. The van der Waals surface area contributed by atoms with Gasteiger partial charge in [-0.25, -0.2) is 0 Å². The summed E-state index contributed by atoms with van der Waals surface area (Å²) in [5.74, 6) is -0.0228. The summed E-state index contributed by atoms with van der Waals surface area (Å²) in [6.07, 6.45) is 0.290. The smallest absolute Gasteiger partial charge is 0.303 e. The molecule has 0 aromatic heterocycles. The molecule has 4 heteroatoms. The molecule has 0 amide bonds. The Morgan fingerprint density at radius 3 is 2.07 bits per heavy atom. The van der Waals surface area contributed by atoms with Crippen LogP contribution in [0, 0.1) is 5.92 Å². The van der Waals surface area contributed by atoms with Gasteiger partial charge >= 0.3 is 5.97 Å². The molecular weight excluding hydrogens is 182 g/mol. The van der Waals surface area contributed by atoms with Crippen molar-refractivity contribution in [2.45, 2.75) is 46.3 Å². The zero-order chi connectivity index (χ0) is 11.3. The van der Waals surface area contributed by atoms with Gasteiger partial charge in [-0.1, -0.05) is 13.8 Å². The Bertz CT molecular complexity index is 213. The zero-order valence-electron chi connectivity index (χ0n) is 9.37. The van der Waals surface area contributed by atoms with E-state index in [0.717, 1.165) is 0 Å². The maximum atomic E-state index is 11.1. The molecule has 0 spiro atoms. The van der Waals surface area contributed by atoms with E-state index in [-0.39, 0.29) is 17.9 Å². The largest absolute Gasteiger partial charge is 0.456 e. The van der Waals surface area contributed by atoms with Crippen LogP contribution >= 0.6 is 0 Å². The molecular formula is C10H20NO3+. The Kier molecular flexibility index (Phi) is 5.38. The van der Waals surface area contributed by atoms with Gasteiger partial charge in [0.15, 0.2) is 17.9 Å². The second kappa shape index (κ2) is 5.75. The van der Waals surface area contributed by atoms with Crippen molar-refractivity contribution >= 4 is 11.8 Å². The minimum atomic E-state index is -0.457. The predicted molar refractivity (Wildman–Crippen MR) is 52.4 cm³/mol. The van der Waals surface area contributed by atoms with Crippen LogP contribution < -0.4 is 5.73 Å². The van der Waals surface area contributed by atoms with E-state index >= 15 is 0 Å². The average molecular weight is 202 g/mol. The number of rotatable bonds is 5. The summed E-state index contributed by atoms with van der Waals surface area (Å²) in [6, 6.07) is -0.457. The van der Waals surface area contributed by atoms with Gasteiger partial charge in [-0.15, -0.1) is 0 Å². The van der Waals surface area contributed by atoms with Crippen LogP contribution in [0.3, 0.4) is 0 Å². The van der Waals surface area contributed by atoms with Crippen molar-refractivity contribution < 1.29 is 20.1 Å². The topological polar surface area (TPSA) is 71.0 Å². The minimum absolute atomic E-state index is 0.0445. The zero-order valence-corrected chi connectivity index (χ0v) is 9.37. The van der Waals surface area contributed by atoms with Crippen molar-refractivity contribution in [3.8, 4) is 0 Å². The Morgan fingerprint density at radius 1 is 1.29 bits per heavy atom. The van der Waals surface area contributed by atoms with Crippen molar-refractivity contribution in [1.29, 1.82) is 0 Å². The molecule has 4 nitrogen and oxygen atoms in total. The predicted octanol–water partition coefficient (Wildman–Crippen LogP) is 0.164. The van der Waals surface area contributed by atoms with Crippen molar-refractivity contribution in [3.63, 3.8) is 0 Å². The van der Waals surface area contributed by atoms with Gasteiger partial charge in [0.05, 0.1) is 0 Å². The number of Topliss-reactive ketones (excluding diaryl/α,β-unsaturated/α-hetero) is 1. The number of carbonyl (C=O) groups excluding carboxylic acids is 2. The van der Waals surface area contributed by atoms with Gasteiger partial charge in [-0.3, -0.25) is 9.59 Å². The first-order valence-corrected chi connectivity index (χ1v) is 4.85. The fourth-order valence-corrected chi connectivity index (χ4v) is 1.23. The van der Waals surface area contributed by atoms with Crippen molar-refractivity contribution in [2.75, 3.05) is 0 Å². The standard InChI is InChI=1S/C10H19NO3/c1-6(2)5-9(14-8(4)13)10(11)7(3)12/h6,9-10H,5,11H2,1-4H3/p+1. The molecule has 0 heterocycles. The van der Waals surface area contributed by atoms with E-state index in [0.29, 0.717) is 12.3 Å². The third-order valence-corrected chi connectivity index (χ3v) is 1.99. The summed E-state index contributed by atoms with van der Waals surface area (Å²) in [6.45, 7) is 6.85. The maximum absolute atomic E-state index is 11.1. The molecule has 0 radical (unpaired) electrons. The molecule has 0 aromatic rings. The molecule has 2 atom stereocenters. The van der Waals surface area contributed by atoms with Crippen LogP contribution in [0.1, 0.15) is 34.1 Å². The highest BCUT2D eigenvalue weighted by molar-refractivity contribution is 5.80. The average Bonchev–Trinajstić information content (AvgIpc) is 1.99. The number of ether oxygens (including phenoxy) is 1. The summed E-state index contributed by atoms with van der Waals surface area (Å²) in [5, 5.41) is 0. The summed E-state index contributed by atoms with van der Waals surface area (Å²) in [4.78, 5) is 21.9. The first-order valence-electron chi connectivity index (χ1n) is 4.85. The number of ketones is 1. The van der Waals surface area contributed by atoms with Gasteiger partial charge in [0.2, 0.25) is 0 Å². The van der Waals surface area contributed by atoms with Gasteiger partial charge in [0.25, 0.3) is 0 Å². The molecule has 14 heavy (non-hydrogen) atoms. The first-order chi connectivity index (χ1) is 6.34. The lowest BCUT2D eigenvalue weighted by molar-refractivity contribution is -0.420. The molecule has 0 fully saturated rings. The summed E-state index contributed by atoms with van der Waals surface area (Å²) in [7, 11) is 0. The van der Waals surface area contributed by atoms with Crippen molar-refractivity contribution in [1.82, 2.24) is 0 Å². The van der Waals surface area contributed by atoms with Crippen molar-refractivity contribution in [3.05, 3.63) is 0 Å². The second-order valence-corrected chi connectivity index (χ2v) is 3.99. The van der Waals surface area contributed by atoms with Crippen molar-refractivity contribution in [2.24, 2.45) is 5.92 Å². The molecule has 0 rings (SSSR count). The summed E-state index contributed by atoms with van der Waals surface area (Å²) in [5.41, 5.74) is 3.72. The van der Waals surface area contributed by atoms with Crippen LogP contribution in [0.25, 0.3) is 0 Å². The lowest BCUT2D eigenvalue weighted by atomic mass is 9.98. The Balaban J connectivity index is 4.37. The van der Waals surface area contributed by atoms with E-state index < -0.39 is 6.04 Å². The van der Waals surface area contributed by atoms with E-state index in [2.05, 4.69) is 5.73 Å². The van der Waals surface area contributed by atoms with E-state index in [1.54, 1.807) is 0 Å². The third kappa shape index (κ3) is 4.97. The Morgan fingerprint density at radius 2 is 1.79 bits per heavy atom. The summed E-state index contributed by atoms with van der Waals surface area (Å²) < 4.78 is 5.06. The van der Waals surface area contributed by atoms with Crippen LogP contribution in [0.2, 0.25) is 0 Å². The fraction of sp³-hybridized carbons (Fsp3) is 0.800. The van der Waals surface area contributed by atoms with Gasteiger partial charge < -0.3 is 10.5 Å². The summed E-state index contributed by atoms with van der Waals surface area (Å²) >= 11 is 0. The molecule has 0 aromatic carbocycles. The van der Waals surface area contributed by atoms with Crippen LogP contribution in [0.5, 0.6) is 0 Å². The van der Waals surface area contributed by atoms with Gasteiger partial charge in [-0.2, -0.15) is 0 Å². The molecule has 0 aliphatic carbocycles.